The number of hydrogen-bond donors (Lipinski definition) is 2. The van der Waals surface area contributed by atoms with E-state index in [2.05, 4.69) is 70.7 Å². The van der Waals surface area contributed by atoms with Gasteiger partial charge in [0.15, 0.2) is 5.96 Å². The molecule has 0 radical (unpaired) electrons. The van der Waals surface area contributed by atoms with E-state index in [1.165, 1.54) is 0 Å². The van der Waals surface area contributed by atoms with Crippen molar-refractivity contribution in [2.24, 2.45) is 4.99 Å². The molecule has 1 saturated heterocycles. The number of ether oxygens (including phenoxy) is 1. The van der Waals surface area contributed by atoms with Crippen LogP contribution in [0.5, 0.6) is 0 Å². The average molecular weight is 417 g/mol. The average Bonchev–Trinajstić information content (AvgIpc) is 3.20. The van der Waals surface area contributed by atoms with E-state index in [4.69, 9.17) is 9.73 Å². The molecule has 3 heterocycles. The van der Waals surface area contributed by atoms with Crippen LogP contribution in [0.15, 0.2) is 28.7 Å². The quantitative estimate of drug-likeness (QED) is 0.534. The smallest absolute Gasteiger partial charge is 0.191 e. The zero-order valence-corrected chi connectivity index (χ0v) is 18.6. The second-order valence-corrected chi connectivity index (χ2v) is 8.46. The number of anilines is 1. The zero-order chi connectivity index (χ0) is 20.6. The summed E-state index contributed by atoms with van der Waals surface area (Å²) < 4.78 is 5.60. The predicted octanol–water partition coefficient (Wildman–Crippen LogP) is 3.14. The lowest BCUT2D eigenvalue weighted by atomic mass is 10.2. The van der Waals surface area contributed by atoms with Crippen LogP contribution in [0.25, 0.3) is 0 Å². The Morgan fingerprint density at radius 2 is 2.24 bits per heavy atom. The van der Waals surface area contributed by atoms with Gasteiger partial charge in [-0.05, 0) is 31.4 Å². The molecule has 0 aromatic carbocycles. The first kappa shape index (κ1) is 21.5. The van der Waals surface area contributed by atoms with Gasteiger partial charge in [0.25, 0.3) is 0 Å². The first-order valence-electron chi connectivity index (χ1n) is 10.3. The van der Waals surface area contributed by atoms with Crippen molar-refractivity contribution in [2.75, 3.05) is 31.1 Å². The number of rotatable bonds is 7. The summed E-state index contributed by atoms with van der Waals surface area (Å²) in [7, 11) is 0. The number of nitrogens with one attached hydrogen (secondary N) is 2. The lowest BCUT2D eigenvalue weighted by Gasteiger charge is -2.32. The van der Waals surface area contributed by atoms with Crippen molar-refractivity contribution >= 4 is 23.1 Å². The monoisotopic (exact) mass is 416 g/mol. The topological polar surface area (TPSA) is 74.7 Å². The summed E-state index contributed by atoms with van der Waals surface area (Å²) in [6, 6.07) is 4.18. The minimum absolute atomic E-state index is 0.248. The molecule has 0 spiro atoms. The molecule has 1 fully saturated rings. The molecule has 7 nitrogen and oxygen atoms in total. The number of thiazole rings is 1. The molecule has 1 aliphatic rings. The lowest BCUT2D eigenvalue weighted by molar-refractivity contribution is 0.0529. The number of aromatic nitrogens is 2. The molecule has 1 unspecified atom stereocenters. The number of nitrogens with zero attached hydrogens (tertiary/aromatic N) is 4. The van der Waals surface area contributed by atoms with Gasteiger partial charge in [-0.2, -0.15) is 0 Å². The molecule has 1 atom stereocenters. The minimum atomic E-state index is 0.248. The Morgan fingerprint density at radius 1 is 1.38 bits per heavy atom. The van der Waals surface area contributed by atoms with Crippen molar-refractivity contribution < 1.29 is 4.74 Å². The van der Waals surface area contributed by atoms with Crippen molar-refractivity contribution in [3.8, 4) is 0 Å². The number of guanidine groups is 1. The third kappa shape index (κ3) is 6.40. The van der Waals surface area contributed by atoms with Gasteiger partial charge in [0, 0.05) is 31.2 Å². The molecule has 0 bridgehead atoms. The number of aliphatic imine (C=N–C) groups is 1. The number of hydrogen-bond acceptors (Lipinski definition) is 6. The Morgan fingerprint density at radius 3 is 2.90 bits per heavy atom. The van der Waals surface area contributed by atoms with E-state index in [0.29, 0.717) is 19.0 Å². The van der Waals surface area contributed by atoms with Crippen molar-refractivity contribution in [3.63, 3.8) is 0 Å². The molecular formula is C21H32N6OS. The fourth-order valence-electron chi connectivity index (χ4n) is 3.07. The molecule has 0 amide bonds. The largest absolute Gasteiger partial charge is 0.375 e. The highest BCUT2D eigenvalue weighted by Gasteiger charge is 2.17. The Balaban J connectivity index is 1.56. The van der Waals surface area contributed by atoms with Gasteiger partial charge in [-0.25, -0.2) is 15.0 Å². The number of morpholine rings is 1. The van der Waals surface area contributed by atoms with Gasteiger partial charge in [-0.3, -0.25) is 0 Å². The summed E-state index contributed by atoms with van der Waals surface area (Å²) >= 11 is 1.69. The molecule has 8 heteroatoms. The highest BCUT2D eigenvalue weighted by Crippen LogP contribution is 2.18. The molecule has 2 N–H and O–H groups in total. The van der Waals surface area contributed by atoms with Gasteiger partial charge in [0.05, 0.1) is 31.5 Å². The van der Waals surface area contributed by atoms with Crippen molar-refractivity contribution in [2.45, 2.75) is 52.8 Å². The molecule has 2 aromatic heterocycles. The summed E-state index contributed by atoms with van der Waals surface area (Å²) in [6.45, 7) is 13.1. The minimum Gasteiger partial charge on any atom is -0.375 e. The van der Waals surface area contributed by atoms with Gasteiger partial charge in [-0.15, -0.1) is 11.3 Å². The molecule has 2 aromatic rings. The van der Waals surface area contributed by atoms with Crippen LogP contribution in [-0.4, -0.2) is 48.3 Å². The third-order valence-corrected chi connectivity index (χ3v) is 5.57. The van der Waals surface area contributed by atoms with Gasteiger partial charge < -0.3 is 20.3 Å². The predicted molar refractivity (Wildman–Crippen MR) is 120 cm³/mol. The maximum absolute atomic E-state index is 5.60. The summed E-state index contributed by atoms with van der Waals surface area (Å²) in [4.78, 5) is 16.3. The van der Waals surface area contributed by atoms with E-state index >= 15 is 0 Å². The van der Waals surface area contributed by atoms with Crippen LogP contribution >= 0.6 is 11.3 Å². The van der Waals surface area contributed by atoms with Gasteiger partial charge >= 0.3 is 0 Å². The van der Waals surface area contributed by atoms with Crippen LogP contribution in [0, 0.1) is 0 Å². The maximum Gasteiger partial charge on any atom is 0.191 e. The Kier molecular flexibility index (Phi) is 7.83. The standard InChI is InChI=1S/C21H32N6OS/c1-5-22-21(25-12-20-26-18(14-29-20)15(2)3)24-11-17-6-7-19(23-10-17)27-8-9-28-16(4)13-27/h6-7,10,14-16H,5,8-9,11-13H2,1-4H3,(H2,22,24,25). The fraction of sp³-hybridized carbons (Fsp3) is 0.571. The molecule has 0 saturated carbocycles. The second kappa shape index (κ2) is 10.5. The molecule has 1 aliphatic heterocycles. The maximum atomic E-state index is 5.60. The summed E-state index contributed by atoms with van der Waals surface area (Å²) in [5.74, 6) is 2.25. The third-order valence-electron chi connectivity index (χ3n) is 4.71. The van der Waals surface area contributed by atoms with Gasteiger partial charge in [-0.1, -0.05) is 19.9 Å². The van der Waals surface area contributed by atoms with Crippen LogP contribution < -0.4 is 15.5 Å². The highest BCUT2D eigenvalue weighted by molar-refractivity contribution is 7.09. The molecular weight excluding hydrogens is 384 g/mol. The Hall–Kier alpha value is -2.19. The fourth-order valence-corrected chi connectivity index (χ4v) is 3.96. The van der Waals surface area contributed by atoms with Crippen LogP contribution in [-0.2, 0) is 17.8 Å². The normalized spacial score (nSPS) is 17.6. The van der Waals surface area contributed by atoms with Crippen molar-refractivity contribution in [1.29, 1.82) is 0 Å². The van der Waals surface area contributed by atoms with Gasteiger partial charge in [0.1, 0.15) is 10.8 Å². The van der Waals surface area contributed by atoms with Crippen LogP contribution in [0.1, 0.15) is 49.9 Å². The highest BCUT2D eigenvalue weighted by atomic mass is 32.1. The first-order valence-corrected chi connectivity index (χ1v) is 11.2. The van der Waals surface area contributed by atoms with Crippen molar-refractivity contribution in [3.05, 3.63) is 40.0 Å². The molecule has 158 valence electrons. The van der Waals surface area contributed by atoms with E-state index in [1.807, 2.05) is 6.20 Å². The second-order valence-electron chi connectivity index (χ2n) is 7.52. The Bertz CT molecular complexity index is 789. The van der Waals surface area contributed by atoms with Crippen molar-refractivity contribution in [1.82, 2.24) is 20.6 Å². The first-order chi connectivity index (χ1) is 14.0. The summed E-state index contributed by atoms with van der Waals surface area (Å²) in [5.41, 5.74) is 2.23. The van der Waals surface area contributed by atoms with E-state index < -0.39 is 0 Å². The molecule has 3 rings (SSSR count). The SMILES string of the molecule is CCNC(=NCc1ccc(N2CCOC(C)C2)nc1)NCc1nc(C(C)C)cs1. The van der Waals surface area contributed by atoms with Crippen LogP contribution in [0.4, 0.5) is 5.82 Å². The van der Waals surface area contributed by atoms with Crippen LogP contribution in [0.2, 0.25) is 0 Å². The molecule has 29 heavy (non-hydrogen) atoms. The van der Waals surface area contributed by atoms with E-state index in [-0.39, 0.29) is 6.10 Å². The molecule has 0 aliphatic carbocycles. The summed E-state index contributed by atoms with van der Waals surface area (Å²) in [5, 5.41) is 9.87. The van der Waals surface area contributed by atoms with E-state index in [1.54, 1.807) is 11.3 Å². The van der Waals surface area contributed by atoms with Crippen LogP contribution in [0.3, 0.4) is 0 Å². The van der Waals surface area contributed by atoms with E-state index in [9.17, 15) is 0 Å². The lowest BCUT2D eigenvalue weighted by Crippen LogP contribution is -2.41. The number of pyridine rings is 1. The van der Waals surface area contributed by atoms with E-state index in [0.717, 1.165) is 54.3 Å². The van der Waals surface area contributed by atoms with Gasteiger partial charge in [0.2, 0.25) is 0 Å². The Labute approximate surface area is 177 Å². The summed E-state index contributed by atoms with van der Waals surface area (Å²) in [6.07, 6.45) is 2.16. The zero-order valence-electron chi connectivity index (χ0n) is 17.8.